The molecule has 0 radical (unpaired) electrons. The van der Waals surface area contributed by atoms with Crippen molar-refractivity contribution in [3.63, 3.8) is 0 Å². The molecule has 114 valence electrons. The SMILES string of the molecule is O=C(NCc1ccccc1Cl)c1cc(N2CCCC2)ncn1. The fourth-order valence-corrected chi connectivity index (χ4v) is 2.70. The van der Waals surface area contributed by atoms with E-state index in [1.165, 1.54) is 6.33 Å². The number of hydrogen-bond donors (Lipinski definition) is 1. The number of halogens is 1. The average molecular weight is 317 g/mol. The zero-order valence-corrected chi connectivity index (χ0v) is 12.9. The first-order valence-electron chi connectivity index (χ1n) is 7.32. The fourth-order valence-electron chi connectivity index (χ4n) is 2.50. The number of aromatic nitrogens is 2. The standard InChI is InChI=1S/C16H17ClN4O/c17-13-6-2-1-5-12(13)10-18-16(22)14-9-15(20-11-19-14)21-7-3-4-8-21/h1-2,5-6,9,11H,3-4,7-8,10H2,(H,18,22). The predicted octanol–water partition coefficient (Wildman–Crippen LogP) is 2.66. The summed E-state index contributed by atoms with van der Waals surface area (Å²) in [6.45, 7) is 2.34. The molecule has 0 bridgehead atoms. The molecular formula is C16H17ClN4O. The Labute approximate surface area is 134 Å². The smallest absolute Gasteiger partial charge is 0.270 e. The summed E-state index contributed by atoms with van der Waals surface area (Å²) in [4.78, 5) is 22.7. The van der Waals surface area contributed by atoms with Gasteiger partial charge in [-0.15, -0.1) is 0 Å². The molecule has 0 saturated carbocycles. The van der Waals surface area contributed by atoms with Gasteiger partial charge < -0.3 is 10.2 Å². The molecule has 2 aromatic rings. The largest absolute Gasteiger partial charge is 0.357 e. The first-order chi connectivity index (χ1) is 10.7. The number of nitrogens with zero attached hydrogens (tertiary/aromatic N) is 3. The second-order valence-corrected chi connectivity index (χ2v) is 5.64. The topological polar surface area (TPSA) is 58.1 Å². The maximum atomic E-state index is 12.2. The van der Waals surface area contributed by atoms with Crippen molar-refractivity contribution in [1.82, 2.24) is 15.3 Å². The maximum Gasteiger partial charge on any atom is 0.270 e. The number of nitrogens with one attached hydrogen (secondary N) is 1. The molecule has 0 aliphatic carbocycles. The van der Waals surface area contributed by atoms with Crippen LogP contribution in [0, 0.1) is 0 Å². The molecule has 1 aromatic carbocycles. The Kier molecular flexibility index (Phi) is 4.53. The Balaban J connectivity index is 1.67. The van der Waals surface area contributed by atoms with Crippen LogP contribution < -0.4 is 10.2 Å². The fraction of sp³-hybridized carbons (Fsp3) is 0.312. The van der Waals surface area contributed by atoms with E-state index in [1.807, 2.05) is 18.2 Å². The summed E-state index contributed by atoms with van der Waals surface area (Å²) in [5.74, 6) is 0.596. The number of rotatable bonds is 4. The van der Waals surface area contributed by atoms with Gasteiger partial charge in [0, 0.05) is 30.7 Å². The summed E-state index contributed by atoms with van der Waals surface area (Å²) in [5.41, 5.74) is 1.26. The van der Waals surface area contributed by atoms with Gasteiger partial charge in [-0.3, -0.25) is 4.79 Å². The van der Waals surface area contributed by atoms with Gasteiger partial charge in [0.1, 0.15) is 17.8 Å². The molecule has 1 N–H and O–H groups in total. The van der Waals surface area contributed by atoms with Crippen molar-refractivity contribution in [3.05, 3.63) is 52.9 Å². The molecule has 3 rings (SSSR count). The molecule has 1 aliphatic heterocycles. The van der Waals surface area contributed by atoms with Crippen molar-refractivity contribution in [1.29, 1.82) is 0 Å². The lowest BCUT2D eigenvalue weighted by Crippen LogP contribution is -2.25. The summed E-state index contributed by atoms with van der Waals surface area (Å²) in [6, 6.07) is 9.19. The van der Waals surface area contributed by atoms with Crippen LogP contribution in [0.1, 0.15) is 28.9 Å². The second kappa shape index (κ2) is 6.75. The molecule has 5 nitrogen and oxygen atoms in total. The van der Waals surface area contributed by atoms with Crippen LogP contribution >= 0.6 is 11.6 Å². The normalized spacial score (nSPS) is 14.1. The molecular weight excluding hydrogens is 300 g/mol. The van der Waals surface area contributed by atoms with E-state index >= 15 is 0 Å². The minimum atomic E-state index is -0.220. The molecule has 1 aliphatic rings. The van der Waals surface area contributed by atoms with E-state index in [0.717, 1.165) is 37.3 Å². The quantitative estimate of drug-likeness (QED) is 0.942. The van der Waals surface area contributed by atoms with Crippen LogP contribution in [0.2, 0.25) is 5.02 Å². The molecule has 1 aromatic heterocycles. The molecule has 22 heavy (non-hydrogen) atoms. The number of carbonyl (C=O) groups is 1. The van der Waals surface area contributed by atoms with Crippen LogP contribution in [-0.2, 0) is 6.54 Å². The van der Waals surface area contributed by atoms with Crippen LogP contribution in [0.25, 0.3) is 0 Å². The minimum Gasteiger partial charge on any atom is -0.357 e. The van der Waals surface area contributed by atoms with E-state index in [9.17, 15) is 4.79 Å². The summed E-state index contributed by atoms with van der Waals surface area (Å²) in [5, 5.41) is 3.48. The summed E-state index contributed by atoms with van der Waals surface area (Å²) >= 11 is 6.08. The Hall–Kier alpha value is -2.14. The van der Waals surface area contributed by atoms with E-state index in [4.69, 9.17) is 11.6 Å². The highest BCUT2D eigenvalue weighted by atomic mass is 35.5. The molecule has 1 saturated heterocycles. The summed E-state index contributed by atoms with van der Waals surface area (Å²) in [6.07, 6.45) is 3.77. The Bertz CT molecular complexity index is 671. The molecule has 0 spiro atoms. The van der Waals surface area contributed by atoms with Crippen molar-refractivity contribution in [2.24, 2.45) is 0 Å². The number of hydrogen-bond acceptors (Lipinski definition) is 4. The van der Waals surface area contributed by atoms with E-state index in [-0.39, 0.29) is 5.91 Å². The highest BCUT2D eigenvalue weighted by Gasteiger charge is 2.16. The molecule has 0 atom stereocenters. The second-order valence-electron chi connectivity index (χ2n) is 5.23. The van der Waals surface area contributed by atoms with Crippen LogP contribution in [0.5, 0.6) is 0 Å². The predicted molar refractivity (Wildman–Crippen MR) is 86.1 cm³/mol. The Morgan fingerprint density at radius 2 is 2.00 bits per heavy atom. The number of carbonyl (C=O) groups excluding carboxylic acids is 1. The van der Waals surface area contributed by atoms with E-state index in [2.05, 4.69) is 20.2 Å². The van der Waals surface area contributed by atoms with Gasteiger partial charge in [0.05, 0.1) is 0 Å². The highest BCUT2D eigenvalue weighted by Crippen LogP contribution is 2.18. The van der Waals surface area contributed by atoms with Crippen molar-refractivity contribution in [3.8, 4) is 0 Å². The van der Waals surface area contributed by atoms with Gasteiger partial charge in [-0.25, -0.2) is 9.97 Å². The number of amides is 1. The lowest BCUT2D eigenvalue weighted by molar-refractivity contribution is 0.0946. The van der Waals surface area contributed by atoms with Crippen molar-refractivity contribution >= 4 is 23.3 Å². The summed E-state index contributed by atoms with van der Waals surface area (Å²) in [7, 11) is 0. The molecule has 6 heteroatoms. The molecule has 1 fully saturated rings. The third kappa shape index (κ3) is 3.36. The van der Waals surface area contributed by atoms with Gasteiger partial charge in [-0.1, -0.05) is 29.8 Å². The van der Waals surface area contributed by atoms with Crippen molar-refractivity contribution in [2.45, 2.75) is 19.4 Å². The van der Waals surface area contributed by atoms with Gasteiger partial charge in [0.15, 0.2) is 0 Å². The highest BCUT2D eigenvalue weighted by molar-refractivity contribution is 6.31. The Morgan fingerprint density at radius 3 is 2.77 bits per heavy atom. The zero-order chi connectivity index (χ0) is 15.4. The van der Waals surface area contributed by atoms with Gasteiger partial charge in [-0.05, 0) is 24.5 Å². The van der Waals surface area contributed by atoms with Gasteiger partial charge in [0.25, 0.3) is 5.91 Å². The monoisotopic (exact) mass is 316 g/mol. The third-order valence-corrected chi connectivity index (χ3v) is 4.08. The third-order valence-electron chi connectivity index (χ3n) is 3.71. The van der Waals surface area contributed by atoms with E-state index in [0.29, 0.717) is 17.3 Å². The first kappa shape index (κ1) is 14.8. The van der Waals surface area contributed by atoms with Crippen LogP contribution in [-0.4, -0.2) is 29.0 Å². The lowest BCUT2D eigenvalue weighted by Gasteiger charge is -2.16. The lowest BCUT2D eigenvalue weighted by atomic mass is 10.2. The minimum absolute atomic E-state index is 0.220. The molecule has 2 heterocycles. The van der Waals surface area contributed by atoms with Gasteiger partial charge in [-0.2, -0.15) is 0 Å². The first-order valence-corrected chi connectivity index (χ1v) is 7.70. The molecule has 0 unspecified atom stereocenters. The van der Waals surface area contributed by atoms with Crippen molar-refractivity contribution in [2.75, 3.05) is 18.0 Å². The maximum absolute atomic E-state index is 12.2. The molecule has 1 amide bonds. The van der Waals surface area contributed by atoms with Crippen LogP contribution in [0.15, 0.2) is 36.7 Å². The Morgan fingerprint density at radius 1 is 1.23 bits per heavy atom. The van der Waals surface area contributed by atoms with Crippen LogP contribution in [0.4, 0.5) is 5.82 Å². The number of benzene rings is 1. The van der Waals surface area contributed by atoms with Crippen LogP contribution in [0.3, 0.4) is 0 Å². The summed E-state index contributed by atoms with van der Waals surface area (Å²) < 4.78 is 0. The van der Waals surface area contributed by atoms with E-state index in [1.54, 1.807) is 12.1 Å². The average Bonchev–Trinajstić information content (AvgIpc) is 3.08. The van der Waals surface area contributed by atoms with E-state index < -0.39 is 0 Å². The zero-order valence-electron chi connectivity index (χ0n) is 12.1. The van der Waals surface area contributed by atoms with Crippen molar-refractivity contribution < 1.29 is 4.79 Å². The van der Waals surface area contributed by atoms with Gasteiger partial charge >= 0.3 is 0 Å². The number of anilines is 1. The van der Waals surface area contributed by atoms with Gasteiger partial charge in [0.2, 0.25) is 0 Å².